The fourth-order valence-electron chi connectivity index (χ4n) is 20.2. The summed E-state index contributed by atoms with van der Waals surface area (Å²) in [7, 11) is 0. The molecule has 544 valence electrons. The molecule has 22 aromatic rings. The number of rotatable bonds is 8. The largest absolute Gasteiger partial charge is 0.455 e. The van der Waals surface area contributed by atoms with E-state index < -0.39 is 0 Å². The lowest BCUT2D eigenvalue weighted by Crippen LogP contribution is -2.14. The summed E-state index contributed by atoms with van der Waals surface area (Å²) in [5, 5.41) is 19.8. The highest BCUT2D eigenvalue weighted by atomic mass is 16.3. The van der Waals surface area contributed by atoms with Crippen molar-refractivity contribution in [3.63, 3.8) is 0 Å². The van der Waals surface area contributed by atoms with Crippen LogP contribution in [0.25, 0.3) is 220 Å². The Kier molecular flexibility index (Phi) is 15.1. The molecular formula is C114H76O2. The molecule has 2 aliphatic rings. The summed E-state index contributed by atoms with van der Waals surface area (Å²) in [4.78, 5) is 0. The molecule has 116 heavy (non-hydrogen) atoms. The van der Waals surface area contributed by atoms with E-state index in [0.717, 1.165) is 66.1 Å². The van der Waals surface area contributed by atoms with Gasteiger partial charge in [0.25, 0.3) is 0 Å². The van der Waals surface area contributed by atoms with Gasteiger partial charge in [0, 0.05) is 43.5 Å². The zero-order valence-corrected chi connectivity index (χ0v) is 64.8. The van der Waals surface area contributed by atoms with Gasteiger partial charge in [-0.15, -0.1) is 0 Å². The van der Waals surface area contributed by atoms with E-state index in [-0.39, 0.29) is 10.8 Å². The van der Waals surface area contributed by atoms with Crippen molar-refractivity contribution in [3.05, 3.63) is 411 Å². The Labute approximate surface area is 673 Å². The van der Waals surface area contributed by atoms with E-state index in [1.807, 2.05) is 18.2 Å². The fourth-order valence-corrected chi connectivity index (χ4v) is 20.2. The molecule has 0 unspecified atom stereocenters. The van der Waals surface area contributed by atoms with Gasteiger partial charge < -0.3 is 8.83 Å². The second kappa shape index (κ2) is 26.1. The smallest absolute Gasteiger partial charge is 0.143 e. The Morgan fingerprint density at radius 2 is 0.448 bits per heavy atom. The second-order valence-corrected chi connectivity index (χ2v) is 32.7. The fraction of sp³-hybridized carbons (Fsp3) is 0.0526. The Morgan fingerprint density at radius 3 is 0.862 bits per heavy atom. The number of hydrogen-bond donors (Lipinski definition) is 0. The van der Waals surface area contributed by atoms with E-state index in [9.17, 15) is 0 Å². The minimum atomic E-state index is -0.0490. The summed E-state index contributed by atoms with van der Waals surface area (Å²) in [5.74, 6) is 0. The topological polar surface area (TPSA) is 26.3 Å². The molecule has 0 fully saturated rings. The van der Waals surface area contributed by atoms with E-state index >= 15 is 0 Å². The van der Waals surface area contributed by atoms with Gasteiger partial charge in [-0.25, -0.2) is 0 Å². The first kappa shape index (κ1) is 67.3. The first-order chi connectivity index (χ1) is 57.1. The third-order valence-electron chi connectivity index (χ3n) is 25.8. The van der Waals surface area contributed by atoms with E-state index in [2.05, 4.69) is 398 Å². The third kappa shape index (κ3) is 10.3. The van der Waals surface area contributed by atoms with Crippen molar-refractivity contribution in [1.29, 1.82) is 0 Å². The van der Waals surface area contributed by atoms with Crippen LogP contribution in [0.2, 0.25) is 0 Å². The van der Waals surface area contributed by atoms with Crippen LogP contribution in [0.5, 0.6) is 0 Å². The molecule has 20 aromatic carbocycles. The Morgan fingerprint density at radius 1 is 0.164 bits per heavy atom. The minimum absolute atomic E-state index is 0.0441. The molecule has 0 spiro atoms. The van der Waals surface area contributed by atoms with Gasteiger partial charge in [-0.3, -0.25) is 0 Å². The predicted molar refractivity (Wildman–Crippen MR) is 491 cm³/mol. The third-order valence-corrected chi connectivity index (χ3v) is 25.8. The van der Waals surface area contributed by atoms with E-state index in [0.29, 0.717) is 0 Å². The first-order valence-electron chi connectivity index (χ1n) is 40.5. The van der Waals surface area contributed by atoms with Gasteiger partial charge in [0.2, 0.25) is 0 Å². The number of hydrogen-bond acceptors (Lipinski definition) is 2. The molecule has 2 heteroatoms. The zero-order chi connectivity index (χ0) is 77.1. The maximum absolute atomic E-state index is 6.59. The summed E-state index contributed by atoms with van der Waals surface area (Å²) in [6.45, 7) is 9.45. The highest BCUT2D eigenvalue weighted by Gasteiger charge is 2.38. The van der Waals surface area contributed by atoms with Crippen molar-refractivity contribution in [2.45, 2.75) is 38.5 Å². The molecule has 0 saturated carbocycles. The summed E-state index contributed by atoms with van der Waals surface area (Å²) >= 11 is 0. The molecule has 2 aliphatic carbocycles. The lowest BCUT2D eigenvalue weighted by Gasteiger charge is -2.21. The maximum atomic E-state index is 6.59. The second-order valence-electron chi connectivity index (χ2n) is 32.7. The van der Waals surface area contributed by atoms with Crippen LogP contribution in [0.15, 0.2) is 397 Å². The maximum Gasteiger partial charge on any atom is 0.143 e. The molecule has 2 aromatic heterocycles. The van der Waals surface area contributed by atoms with Gasteiger partial charge in [-0.05, 0) is 211 Å². The molecule has 0 saturated heterocycles. The zero-order valence-electron chi connectivity index (χ0n) is 64.8. The Bertz CT molecular complexity index is 7740. The Hall–Kier alpha value is -14.4. The molecule has 24 rings (SSSR count). The van der Waals surface area contributed by atoms with Crippen molar-refractivity contribution < 1.29 is 8.83 Å². The summed E-state index contributed by atoms with van der Waals surface area (Å²) in [6.07, 6.45) is 0. The van der Waals surface area contributed by atoms with Gasteiger partial charge in [0.15, 0.2) is 0 Å². The lowest BCUT2D eigenvalue weighted by atomic mass is 9.81. The van der Waals surface area contributed by atoms with Crippen LogP contribution in [-0.2, 0) is 10.8 Å². The van der Waals surface area contributed by atoms with Crippen LogP contribution in [0.4, 0.5) is 0 Å². The van der Waals surface area contributed by atoms with Crippen LogP contribution in [-0.4, -0.2) is 0 Å². The number of benzene rings is 20. The molecule has 0 amide bonds. The molecule has 0 N–H and O–H groups in total. The number of furan rings is 2. The SMILES string of the molecule is CC1(C)c2ccc(-c3ccc(-c4c5ccccc5c(-c5ccc(-c6cccc7c6oc6ccccc67)cc5)c5ccccc45)cc3)cc2-c2c1ccc1ccccc21.CC1(C)c2ccc(-c3ccc(-c4c5ccccc5c(-c5ccccc5-c5cccc6c5oc5ccccc56)c5ccccc45)cc3)cc2-c2c1ccc1ccccc21. The lowest BCUT2D eigenvalue weighted by molar-refractivity contribution is 0.661. The van der Waals surface area contributed by atoms with Gasteiger partial charge in [-0.2, -0.15) is 0 Å². The van der Waals surface area contributed by atoms with Crippen LogP contribution < -0.4 is 0 Å². The Balaban J connectivity index is 0.000000137. The average Bonchev–Trinajstić information content (AvgIpc) is 1.50. The number of fused-ring (bicyclic) bond motifs is 20. The van der Waals surface area contributed by atoms with Gasteiger partial charge >= 0.3 is 0 Å². The van der Waals surface area contributed by atoms with Crippen LogP contribution >= 0.6 is 0 Å². The highest BCUT2D eigenvalue weighted by Crippen LogP contribution is 2.56. The van der Waals surface area contributed by atoms with Crippen molar-refractivity contribution in [2.75, 3.05) is 0 Å². The molecule has 2 nitrogen and oxygen atoms in total. The van der Waals surface area contributed by atoms with Gasteiger partial charge in [-0.1, -0.05) is 392 Å². The first-order valence-corrected chi connectivity index (χ1v) is 40.5. The molecular weight excluding hydrogens is 1400 g/mol. The summed E-state index contributed by atoms with van der Waals surface area (Å²) in [6, 6.07) is 143. The van der Waals surface area contributed by atoms with Gasteiger partial charge in [0.05, 0.1) is 0 Å². The van der Waals surface area contributed by atoms with Crippen LogP contribution in [0.1, 0.15) is 49.9 Å². The summed E-state index contributed by atoms with van der Waals surface area (Å²) in [5.41, 5.74) is 33.9. The van der Waals surface area contributed by atoms with E-state index in [4.69, 9.17) is 8.83 Å². The van der Waals surface area contributed by atoms with Crippen molar-refractivity contribution in [2.24, 2.45) is 0 Å². The van der Waals surface area contributed by atoms with Crippen LogP contribution in [0.3, 0.4) is 0 Å². The predicted octanol–water partition coefficient (Wildman–Crippen LogP) is 32.0. The normalized spacial score (nSPS) is 13.1. The van der Waals surface area contributed by atoms with Crippen molar-refractivity contribution in [1.82, 2.24) is 0 Å². The number of para-hydroxylation sites is 4. The van der Waals surface area contributed by atoms with Crippen molar-refractivity contribution >= 4 is 109 Å². The molecule has 0 atom stereocenters. The van der Waals surface area contributed by atoms with E-state index in [1.165, 1.54) is 176 Å². The molecule has 0 aliphatic heterocycles. The van der Waals surface area contributed by atoms with Crippen molar-refractivity contribution in [3.8, 4) is 111 Å². The molecule has 0 radical (unpaired) electrons. The summed E-state index contributed by atoms with van der Waals surface area (Å²) < 4.78 is 13.0. The van der Waals surface area contributed by atoms with Crippen LogP contribution in [0, 0.1) is 0 Å². The average molecular weight is 1480 g/mol. The quantitative estimate of drug-likeness (QED) is 0.142. The molecule has 0 bridgehead atoms. The van der Waals surface area contributed by atoms with E-state index in [1.54, 1.807) is 0 Å². The molecule has 2 heterocycles. The minimum Gasteiger partial charge on any atom is -0.455 e. The standard InChI is InChI=1S/2C57H38O/c1-57(2)50-32-31-40(34-49(50)55-41-13-4-3-12-36(41)30-33-51(55)57)35-22-26-38(27-23-35)53-44-15-5-7-17-46(44)54(47-18-8-6-16-45(47)53)39-28-24-37(25-29-39)42-19-11-20-48-43-14-9-10-21-52(43)58-56(42)48;1-57(2)50-32-31-38(34-49(50)55-39-15-4-3-14-36(39)30-33-51(55)57)35-26-28-37(29-27-35)53-43-19-7-9-21-45(43)54(46-22-10-8-20-44(46)53)42-18-6-5-16-40(42)47-23-13-24-48-41-17-11-12-25-52(41)58-56(47)48/h2*3-34H,1-2H3. The monoisotopic (exact) mass is 1480 g/mol. The van der Waals surface area contributed by atoms with Gasteiger partial charge in [0.1, 0.15) is 22.3 Å². The highest BCUT2D eigenvalue weighted by molar-refractivity contribution is 6.25.